The largest absolute Gasteiger partial charge is 0.348 e. The summed E-state index contributed by atoms with van der Waals surface area (Å²) in [6.07, 6.45) is 0.508. The van der Waals surface area contributed by atoms with Crippen LogP contribution >= 0.6 is 0 Å². The molecule has 4 nitrogen and oxygen atoms in total. The summed E-state index contributed by atoms with van der Waals surface area (Å²) >= 11 is 0. The SMILES string of the molecule is CC(C)(C)c1ccc(C(=O)N[C@H]2CCS(=O)(=O)C2)cc1. The van der Waals surface area contributed by atoms with E-state index in [4.69, 9.17) is 0 Å². The first kappa shape index (κ1) is 15.0. The van der Waals surface area contributed by atoms with Crippen molar-refractivity contribution in [2.45, 2.75) is 38.6 Å². The molecule has 1 aliphatic heterocycles. The van der Waals surface area contributed by atoms with E-state index in [-0.39, 0.29) is 28.9 Å². The van der Waals surface area contributed by atoms with Crippen molar-refractivity contribution in [2.24, 2.45) is 0 Å². The van der Waals surface area contributed by atoms with Crippen LogP contribution in [0.25, 0.3) is 0 Å². The Bertz CT molecular complexity index is 597. The molecule has 0 aliphatic carbocycles. The normalized spacial score (nSPS) is 21.6. The summed E-state index contributed by atoms with van der Waals surface area (Å²) in [5.74, 6) is 0.0206. The first-order valence-corrected chi connectivity index (χ1v) is 8.61. The van der Waals surface area contributed by atoms with Gasteiger partial charge < -0.3 is 5.32 Å². The van der Waals surface area contributed by atoms with E-state index in [9.17, 15) is 13.2 Å². The van der Waals surface area contributed by atoms with Gasteiger partial charge in [0.2, 0.25) is 0 Å². The third-order valence-electron chi connectivity index (χ3n) is 3.58. The third-order valence-corrected chi connectivity index (χ3v) is 5.35. The number of hydrogen-bond acceptors (Lipinski definition) is 3. The standard InChI is InChI=1S/C15H21NO3S/c1-15(2,3)12-6-4-11(5-7-12)14(17)16-13-8-9-20(18,19)10-13/h4-7,13H,8-10H2,1-3H3,(H,16,17)/t13-/m0/s1. The first-order valence-electron chi connectivity index (χ1n) is 6.79. The monoisotopic (exact) mass is 295 g/mol. The summed E-state index contributed by atoms with van der Waals surface area (Å²) in [6, 6.07) is 7.22. The molecular weight excluding hydrogens is 274 g/mol. The van der Waals surface area contributed by atoms with Crippen LogP contribution in [0.4, 0.5) is 0 Å². The van der Waals surface area contributed by atoms with Crippen molar-refractivity contribution in [3.05, 3.63) is 35.4 Å². The number of carbonyl (C=O) groups is 1. The fourth-order valence-electron chi connectivity index (χ4n) is 2.30. The van der Waals surface area contributed by atoms with Gasteiger partial charge in [-0.05, 0) is 29.5 Å². The molecule has 0 unspecified atom stereocenters. The predicted octanol–water partition coefficient (Wildman–Crippen LogP) is 1.90. The second-order valence-corrected chi connectivity index (χ2v) is 8.63. The van der Waals surface area contributed by atoms with E-state index >= 15 is 0 Å². The number of rotatable bonds is 2. The second kappa shape index (κ2) is 5.20. The first-order chi connectivity index (χ1) is 9.17. The highest BCUT2D eigenvalue weighted by atomic mass is 32.2. The zero-order valence-corrected chi connectivity index (χ0v) is 13.0. The van der Waals surface area contributed by atoms with Gasteiger partial charge >= 0.3 is 0 Å². The Kier molecular flexibility index (Phi) is 3.91. The van der Waals surface area contributed by atoms with Crippen molar-refractivity contribution < 1.29 is 13.2 Å². The molecule has 0 aromatic heterocycles. The Morgan fingerprint density at radius 3 is 2.25 bits per heavy atom. The Labute approximate surface area is 120 Å². The lowest BCUT2D eigenvalue weighted by atomic mass is 9.86. The number of nitrogens with one attached hydrogen (secondary N) is 1. The minimum Gasteiger partial charge on any atom is -0.348 e. The zero-order valence-electron chi connectivity index (χ0n) is 12.1. The molecule has 1 N–H and O–H groups in total. The molecule has 0 radical (unpaired) electrons. The van der Waals surface area contributed by atoms with Gasteiger partial charge in [0.25, 0.3) is 5.91 Å². The van der Waals surface area contributed by atoms with Crippen LogP contribution in [0, 0.1) is 0 Å². The predicted molar refractivity (Wildman–Crippen MR) is 79.7 cm³/mol. The van der Waals surface area contributed by atoms with Crippen LogP contribution in [0.15, 0.2) is 24.3 Å². The lowest BCUT2D eigenvalue weighted by molar-refractivity contribution is 0.0941. The average Bonchev–Trinajstić information content (AvgIpc) is 2.67. The Morgan fingerprint density at radius 2 is 1.80 bits per heavy atom. The van der Waals surface area contributed by atoms with Crippen molar-refractivity contribution in [1.82, 2.24) is 5.32 Å². The maximum atomic E-state index is 12.1. The summed E-state index contributed by atoms with van der Waals surface area (Å²) < 4.78 is 22.7. The fraction of sp³-hybridized carbons (Fsp3) is 0.533. The Morgan fingerprint density at radius 1 is 1.20 bits per heavy atom. The number of benzene rings is 1. The minimum absolute atomic E-state index is 0.0501. The van der Waals surface area contributed by atoms with E-state index < -0.39 is 9.84 Å². The molecule has 1 aromatic rings. The van der Waals surface area contributed by atoms with Crippen LogP contribution in [-0.4, -0.2) is 31.9 Å². The number of sulfone groups is 1. The maximum absolute atomic E-state index is 12.1. The molecule has 1 aliphatic rings. The molecule has 5 heteroatoms. The molecular formula is C15H21NO3S. The molecule has 1 saturated heterocycles. The molecule has 0 bridgehead atoms. The van der Waals surface area contributed by atoms with Gasteiger partial charge in [-0.25, -0.2) is 8.42 Å². The van der Waals surface area contributed by atoms with Crippen molar-refractivity contribution in [3.8, 4) is 0 Å². The molecule has 1 aromatic carbocycles. The summed E-state index contributed by atoms with van der Waals surface area (Å²) in [6.45, 7) is 6.35. The quantitative estimate of drug-likeness (QED) is 0.906. The van der Waals surface area contributed by atoms with Crippen molar-refractivity contribution in [2.75, 3.05) is 11.5 Å². The van der Waals surface area contributed by atoms with Gasteiger partial charge in [0.05, 0.1) is 11.5 Å². The minimum atomic E-state index is -2.96. The summed E-state index contributed by atoms with van der Waals surface area (Å²) in [4.78, 5) is 12.1. The van der Waals surface area contributed by atoms with E-state index in [1.807, 2.05) is 12.1 Å². The molecule has 110 valence electrons. The van der Waals surface area contributed by atoms with Gasteiger partial charge in [0.1, 0.15) is 0 Å². The van der Waals surface area contributed by atoms with E-state index in [2.05, 4.69) is 26.1 Å². The highest BCUT2D eigenvalue weighted by Gasteiger charge is 2.29. The molecule has 1 heterocycles. The smallest absolute Gasteiger partial charge is 0.251 e. The van der Waals surface area contributed by atoms with Crippen molar-refractivity contribution in [3.63, 3.8) is 0 Å². The van der Waals surface area contributed by atoms with Crippen LogP contribution in [0.1, 0.15) is 43.1 Å². The van der Waals surface area contributed by atoms with Crippen LogP contribution in [0.3, 0.4) is 0 Å². The maximum Gasteiger partial charge on any atom is 0.251 e. The van der Waals surface area contributed by atoms with Crippen molar-refractivity contribution in [1.29, 1.82) is 0 Å². The molecule has 2 rings (SSSR count). The molecule has 0 saturated carbocycles. The number of carbonyl (C=O) groups excluding carboxylic acids is 1. The number of hydrogen-bond donors (Lipinski definition) is 1. The van der Waals surface area contributed by atoms with Gasteiger partial charge in [-0.3, -0.25) is 4.79 Å². The van der Waals surface area contributed by atoms with Gasteiger partial charge in [-0.2, -0.15) is 0 Å². The third kappa shape index (κ3) is 3.60. The average molecular weight is 295 g/mol. The van der Waals surface area contributed by atoms with E-state index in [0.29, 0.717) is 12.0 Å². The lowest BCUT2D eigenvalue weighted by Crippen LogP contribution is -2.35. The van der Waals surface area contributed by atoms with Gasteiger partial charge in [-0.15, -0.1) is 0 Å². The van der Waals surface area contributed by atoms with Gasteiger partial charge in [0.15, 0.2) is 9.84 Å². The van der Waals surface area contributed by atoms with Crippen LogP contribution in [0.5, 0.6) is 0 Å². The van der Waals surface area contributed by atoms with Crippen molar-refractivity contribution >= 4 is 15.7 Å². The van der Waals surface area contributed by atoms with Gasteiger partial charge in [0, 0.05) is 11.6 Å². The van der Waals surface area contributed by atoms with Crippen LogP contribution in [0.2, 0.25) is 0 Å². The van der Waals surface area contributed by atoms with E-state index in [1.165, 1.54) is 0 Å². The highest BCUT2D eigenvalue weighted by molar-refractivity contribution is 7.91. The topological polar surface area (TPSA) is 63.2 Å². The summed E-state index contributed by atoms with van der Waals surface area (Å²) in [5, 5.41) is 2.79. The van der Waals surface area contributed by atoms with Crippen LogP contribution in [-0.2, 0) is 15.3 Å². The Hall–Kier alpha value is -1.36. The number of amides is 1. The Balaban J connectivity index is 2.03. The molecule has 20 heavy (non-hydrogen) atoms. The highest BCUT2D eigenvalue weighted by Crippen LogP contribution is 2.22. The zero-order chi connectivity index (χ0) is 15.0. The van der Waals surface area contributed by atoms with Crippen LogP contribution < -0.4 is 5.32 Å². The van der Waals surface area contributed by atoms with Gasteiger partial charge in [-0.1, -0.05) is 32.9 Å². The lowest BCUT2D eigenvalue weighted by Gasteiger charge is -2.19. The summed E-state index contributed by atoms with van der Waals surface area (Å²) in [5.41, 5.74) is 1.79. The molecule has 1 amide bonds. The second-order valence-electron chi connectivity index (χ2n) is 6.40. The fourth-order valence-corrected chi connectivity index (χ4v) is 3.97. The van der Waals surface area contributed by atoms with E-state index in [0.717, 1.165) is 5.56 Å². The molecule has 1 atom stereocenters. The molecule has 0 spiro atoms. The summed E-state index contributed by atoms with van der Waals surface area (Å²) in [7, 11) is -2.96. The molecule has 1 fully saturated rings. The van der Waals surface area contributed by atoms with E-state index in [1.54, 1.807) is 12.1 Å².